The van der Waals surface area contributed by atoms with Crippen molar-refractivity contribution < 1.29 is 4.79 Å². The molecule has 0 spiro atoms. The predicted octanol–water partition coefficient (Wildman–Crippen LogP) is 2.96. The number of amides is 1. The highest BCUT2D eigenvalue weighted by atomic mass is 16.1. The molecule has 20 heavy (non-hydrogen) atoms. The van der Waals surface area contributed by atoms with E-state index in [1.807, 2.05) is 0 Å². The van der Waals surface area contributed by atoms with Crippen LogP contribution in [0.15, 0.2) is 24.3 Å². The Morgan fingerprint density at radius 2 is 2.10 bits per heavy atom. The molecule has 2 N–H and O–H groups in total. The summed E-state index contributed by atoms with van der Waals surface area (Å²) in [6.45, 7) is 5.17. The lowest BCUT2D eigenvalue weighted by molar-refractivity contribution is -0.122. The van der Waals surface area contributed by atoms with Crippen LogP contribution >= 0.6 is 0 Å². The maximum Gasteiger partial charge on any atom is 0.220 e. The van der Waals surface area contributed by atoms with Gasteiger partial charge in [-0.3, -0.25) is 4.79 Å². The molecule has 0 bridgehead atoms. The molecule has 2 rings (SSSR count). The number of hydrogen-bond donors (Lipinski definition) is 2. The molecule has 1 aromatic rings. The second-order valence-electron chi connectivity index (χ2n) is 5.77. The molecule has 110 valence electrons. The minimum atomic E-state index is 0.177. The molecule has 1 aliphatic heterocycles. The van der Waals surface area contributed by atoms with Crippen LogP contribution in [0.3, 0.4) is 0 Å². The average Bonchev–Trinajstić information content (AvgIpc) is 2.48. The molecule has 2 unspecified atom stereocenters. The SMILES string of the molecule is CCCCc1ccc(C(C)NC2CCC(=O)NC2)cc1. The Kier molecular flexibility index (Phi) is 5.60. The van der Waals surface area contributed by atoms with Gasteiger partial charge in [0.15, 0.2) is 0 Å². The lowest BCUT2D eigenvalue weighted by Gasteiger charge is -2.27. The van der Waals surface area contributed by atoms with Crippen LogP contribution < -0.4 is 10.6 Å². The number of carbonyl (C=O) groups excluding carboxylic acids is 1. The lowest BCUT2D eigenvalue weighted by atomic mass is 10.0. The topological polar surface area (TPSA) is 41.1 Å². The van der Waals surface area contributed by atoms with Crippen molar-refractivity contribution in [2.45, 2.75) is 58.0 Å². The van der Waals surface area contributed by atoms with E-state index >= 15 is 0 Å². The molecule has 1 heterocycles. The molecule has 3 heteroatoms. The zero-order chi connectivity index (χ0) is 14.4. The monoisotopic (exact) mass is 274 g/mol. The number of hydrogen-bond acceptors (Lipinski definition) is 2. The van der Waals surface area contributed by atoms with Gasteiger partial charge in [0.05, 0.1) is 0 Å². The number of nitrogens with one attached hydrogen (secondary N) is 2. The third-order valence-corrected chi connectivity index (χ3v) is 4.05. The maximum atomic E-state index is 11.1. The van der Waals surface area contributed by atoms with Crippen molar-refractivity contribution in [3.8, 4) is 0 Å². The van der Waals surface area contributed by atoms with Crippen molar-refractivity contribution in [1.29, 1.82) is 0 Å². The van der Waals surface area contributed by atoms with Crippen LogP contribution in [-0.2, 0) is 11.2 Å². The van der Waals surface area contributed by atoms with Gasteiger partial charge >= 0.3 is 0 Å². The van der Waals surface area contributed by atoms with E-state index in [4.69, 9.17) is 0 Å². The zero-order valence-corrected chi connectivity index (χ0v) is 12.6. The zero-order valence-electron chi connectivity index (χ0n) is 12.6. The highest BCUT2D eigenvalue weighted by Crippen LogP contribution is 2.17. The van der Waals surface area contributed by atoms with E-state index in [9.17, 15) is 4.79 Å². The van der Waals surface area contributed by atoms with E-state index < -0.39 is 0 Å². The van der Waals surface area contributed by atoms with E-state index in [1.165, 1.54) is 30.4 Å². The molecule has 1 aromatic carbocycles. The molecule has 2 atom stereocenters. The van der Waals surface area contributed by atoms with Gasteiger partial charge in [0.2, 0.25) is 5.91 Å². The minimum Gasteiger partial charge on any atom is -0.355 e. The van der Waals surface area contributed by atoms with Crippen molar-refractivity contribution in [2.75, 3.05) is 6.54 Å². The number of carbonyl (C=O) groups is 1. The molecule has 1 amide bonds. The van der Waals surface area contributed by atoms with Gasteiger partial charge in [-0.2, -0.15) is 0 Å². The molecule has 1 aliphatic rings. The molecule has 0 radical (unpaired) electrons. The van der Waals surface area contributed by atoms with Gasteiger partial charge in [0.25, 0.3) is 0 Å². The molecule has 0 aliphatic carbocycles. The van der Waals surface area contributed by atoms with Crippen LogP contribution in [0.5, 0.6) is 0 Å². The molecule has 0 aromatic heterocycles. The lowest BCUT2D eigenvalue weighted by Crippen LogP contribution is -2.46. The number of aryl methyl sites for hydroxylation is 1. The molecular weight excluding hydrogens is 248 g/mol. The summed E-state index contributed by atoms with van der Waals surface area (Å²) < 4.78 is 0. The number of unbranched alkanes of at least 4 members (excludes halogenated alkanes) is 1. The summed E-state index contributed by atoms with van der Waals surface area (Å²) in [4.78, 5) is 11.1. The summed E-state index contributed by atoms with van der Waals surface area (Å²) in [5.74, 6) is 0.177. The summed E-state index contributed by atoms with van der Waals surface area (Å²) in [6.07, 6.45) is 5.25. The Balaban J connectivity index is 1.85. The Morgan fingerprint density at radius 3 is 2.70 bits per heavy atom. The van der Waals surface area contributed by atoms with E-state index in [1.54, 1.807) is 0 Å². The molecule has 0 saturated carbocycles. The van der Waals surface area contributed by atoms with Crippen molar-refractivity contribution in [3.63, 3.8) is 0 Å². The van der Waals surface area contributed by atoms with Crippen LogP contribution in [0.1, 0.15) is 56.7 Å². The quantitative estimate of drug-likeness (QED) is 0.837. The van der Waals surface area contributed by atoms with E-state index in [2.05, 4.69) is 48.7 Å². The van der Waals surface area contributed by atoms with Gasteiger partial charge in [-0.25, -0.2) is 0 Å². The number of benzene rings is 1. The Morgan fingerprint density at radius 1 is 1.35 bits per heavy atom. The first-order valence-electron chi connectivity index (χ1n) is 7.80. The van der Waals surface area contributed by atoms with E-state index in [0.29, 0.717) is 18.5 Å². The van der Waals surface area contributed by atoms with E-state index in [0.717, 1.165) is 13.0 Å². The van der Waals surface area contributed by atoms with Gasteiger partial charge in [-0.1, -0.05) is 37.6 Å². The van der Waals surface area contributed by atoms with Crippen LogP contribution in [0.4, 0.5) is 0 Å². The Bertz CT molecular complexity index is 417. The van der Waals surface area contributed by atoms with Crippen LogP contribution in [0.25, 0.3) is 0 Å². The number of piperidine rings is 1. The van der Waals surface area contributed by atoms with Gasteiger partial charge in [-0.05, 0) is 37.3 Å². The second kappa shape index (κ2) is 7.44. The fourth-order valence-corrected chi connectivity index (χ4v) is 2.68. The highest BCUT2D eigenvalue weighted by Gasteiger charge is 2.19. The van der Waals surface area contributed by atoms with Crippen LogP contribution in [0, 0.1) is 0 Å². The largest absolute Gasteiger partial charge is 0.355 e. The van der Waals surface area contributed by atoms with Gasteiger partial charge in [0.1, 0.15) is 0 Å². The van der Waals surface area contributed by atoms with Gasteiger partial charge in [-0.15, -0.1) is 0 Å². The maximum absolute atomic E-state index is 11.1. The average molecular weight is 274 g/mol. The van der Waals surface area contributed by atoms with Gasteiger partial charge in [0, 0.05) is 25.0 Å². The number of rotatable bonds is 6. The molecule has 1 fully saturated rings. The van der Waals surface area contributed by atoms with Crippen molar-refractivity contribution in [2.24, 2.45) is 0 Å². The molecule has 1 saturated heterocycles. The summed E-state index contributed by atoms with van der Waals surface area (Å²) in [5.41, 5.74) is 2.75. The Labute approximate surface area is 122 Å². The first-order chi connectivity index (χ1) is 9.69. The third-order valence-electron chi connectivity index (χ3n) is 4.05. The first kappa shape index (κ1) is 15.0. The van der Waals surface area contributed by atoms with Crippen LogP contribution in [-0.4, -0.2) is 18.5 Å². The normalized spacial score (nSPS) is 20.5. The molecule has 3 nitrogen and oxygen atoms in total. The minimum absolute atomic E-state index is 0.177. The fraction of sp³-hybridized carbons (Fsp3) is 0.588. The van der Waals surface area contributed by atoms with Crippen molar-refractivity contribution >= 4 is 5.91 Å². The third kappa shape index (κ3) is 4.34. The summed E-state index contributed by atoms with van der Waals surface area (Å²) in [6, 6.07) is 9.66. The summed E-state index contributed by atoms with van der Waals surface area (Å²) >= 11 is 0. The van der Waals surface area contributed by atoms with Gasteiger partial charge < -0.3 is 10.6 Å². The first-order valence-corrected chi connectivity index (χ1v) is 7.80. The molecular formula is C17H26N2O. The standard InChI is InChI=1S/C17H26N2O/c1-3-4-5-14-6-8-15(9-7-14)13(2)19-16-10-11-17(20)18-12-16/h6-9,13,16,19H,3-5,10-12H2,1-2H3,(H,18,20). The summed E-state index contributed by atoms with van der Waals surface area (Å²) in [5, 5.41) is 6.52. The van der Waals surface area contributed by atoms with Crippen molar-refractivity contribution in [3.05, 3.63) is 35.4 Å². The van der Waals surface area contributed by atoms with Crippen molar-refractivity contribution in [1.82, 2.24) is 10.6 Å². The van der Waals surface area contributed by atoms with Crippen LogP contribution in [0.2, 0.25) is 0 Å². The fourth-order valence-electron chi connectivity index (χ4n) is 2.68. The predicted molar refractivity (Wildman–Crippen MR) is 82.6 cm³/mol. The highest BCUT2D eigenvalue weighted by molar-refractivity contribution is 5.76. The van der Waals surface area contributed by atoms with E-state index in [-0.39, 0.29) is 5.91 Å². The smallest absolute Gasteiger partial charge is 0.220 e. The second-order valence-corrected chi connectivity index (χ2v) is 5.77. The Hall–Kier alpha value is -1.35. The summed E-state index contributed by atoms with van der Waals surface area (Å²) in [7, 11) is 0.